The van der Waals surface area contributed by atoms with Crippen LogP contribution in [0.25, 0.3) is 11.6 Å². The summed E-state index contributed by atoms with van der Waals surface area (Å²) < 4.78 is 46.8. The Bertz CT molecular complexity index is 1260. The van der Waals surface area contributed by atoms with E-state index in [1.807, 2.05) is 13.0 Å². The van der Waals surface area contributed by atoms with Gasteiger partial charge < -0.3 is 14.1 Å². The number of hydrogen-bond acceptors (Lipinski definition) is 8. The van der Waals surface area contributed by atoms with Crippen molar-refractivity contribution in [3.63, 3.8) is 0 Å². The van der Waals surface area contributed by atoms with Gasteiger partial charge >= 0.3 is 6.36 Å². The molecule has 2 aromatic heterocycles. The second-order valence-corrected chi connectivity index (χ2v) is 10.8. The van der Waals surface area contributed by atoms with Crippen LogP contribution in [0.3, 0.4) is 0 Å². The number of anilines is 1. The smallest absolute Gasteiger partial charge is 0.420 e. The first-order chi connectivity index (χ1) is 19.2. The molecule has 2 saturated heterocycles. The molecule has 0 unspecified atom stereocenters. The Labute approximate surface area is 233 Å². The van der Waals surface area contributed by atoms with Crippen LogP contribution in [-0.4, -0.2) is 76.2 Å². The van der Waals surface area contributed by atoms with Crippen LogP contribution in [0.2, 0.25) is 0 Å². The Balaban J connectivity index is 1.16. The van der Waals surface area contributed by atoms with Crippen molar-refractivity contribution in [3.05, 3.63) is 53.5 Å². The molecular formula is C29H37F3N6O2. The predicted molar refractivity (Wildman–Crippen MR) is 146 cm³/mol. The first-order valence-electron chi connectivity index (χ1n) is 14.0. The molecule has 0 bridgehead atoms. The van der Waals surface area contributed by atoms with E-state index in [1.165, 1.54) is 12.1 Å². The molecule has 0 N–H and O–H groups in total. The van der Waals surface area contributed by atoms with Crippen LogP contribution in [0, 0.1) is 13.8 Å². The molecule has 8 nitrogen and oxygen atoms in total. The lowest BCUT2D eigenvalue weighted by atomic mass is 9.96. The van der Waals surface area contributed by atoms with Gasteiger partial charge in [0, 0.05) is 45.2 Å². The number of aryl methyl sites for hydroxylation is 2. The Morgan fingerprint density at radius 2 is 1.73 bits per heavy atom. The number of likely N-dealkylation sites (tertiary alicyclic amines) is 1. The van der Waals surface area contributed by atoms with Crippen LogP contribution in [-0.2, 0) is 6.54 Å². The van der Waals surface area contributed by atoms with E-state index in [0.717, 1.165) is 81.9 Å². The number of halogens is 3. The molecule has 2 aliphatic rings. The van der Waals surface area contributed by atoms with E-state index in [4.69, 9.17) is 9.40 Å². The number of nitrogens with zero attached hydrogens (tertiary/aromatic N) is 6. The van der Waals surface area contributed by atoms with Crippen molar-refractivity contribution in [2.45, 2.75) is 71.4 Å². The molecule has 1 atom stereocenters. The average Bonchev–Trinajstić information content (AvgIpc) is 3.36. The molecule has 216 valence electrons. The maximum absolute atomic E-state index is 12.4. The van der Waals surface area contributed by atoms with Crippen molar-refractivity contribution in [1.29, 1.82) is 0 Å². The summed E-state index contributed by atoms with van der Waals surface area (Å²) in [7, 11) is 0. The van der Waals surface area contributed by atoms with Gasteiger partial charge in [-0.15, -0.1) is 23.4 Å². The lowest BCUT2D eigenvalue weighted by molar-refractivity contribution is -0.274. The zero-order valence-electron chi connectivity index (χ0n) is 23.3. The third kappa shape index (κ3) is 6.93. The number of piperazine rings is 1. The Kier molecular flexibility index (Phi) is 8.60. The molecule has 11 heteroatoms. The second kappa shape index (κ2) is 12.1. The summed E-state index contributed by atoms with van der Waals surface area (Å²) in [6, 6.07) is 11.3. The molecule has 2 aliphatic heterocycles. The summed E-state index contributed by atoms with van der Waals surface area (Å²) in [6.07, 6.45) is -0.202. The fourth-order valence-corrected chi connectivity index (χ4v) is 6.03. The van der Waals surface area contributed by atoms with Gasteiger partial charge in [-0.05, 0) is 69.1 Å². The molecule has 2 fully saturated rings. The summed E-state index contributed by atoms with van der Waals surface area (Å²) in [4.78, 5) is 12.3. The van der Waals surface area contributed by atoms with E-state index in [9.17, 15) is 13.2 Å². The minimum absolute atomic E-state index is 0.181. The number of piperidine rings is 1. The first kappa shape index (κ1) is 28.4. The molecule has 0 radical (unpaired) electrons. The summed E-state index contributed by atoms with van der Waals surface area (Å²) in [5.41, 5.74) is 3.81. The molecule has 0 saturated carbocycles. The highest BCUT2D eigenvalue weighted by atomic mass is 19.4. The molecule has 0 spiro atoms. The molecule has 40 heavy (non-hydrogen) atoms. The highest BCUT2D eigenvalue weighted by Crippen LogP contribution is 2.30. The zero-order chi connectivity index (χ0) is 28.3. The van der Waals surface area contributed by atoms with Crippen LogP contribution in [0.4, 0.5) is 18.9 Å². The quantitative estimate of drug-likeness (QED) is 0.354. The highest BCUT2D eigenvalue weighted by Gasteiger charge is 2.34. The minimum Gasteiger partial charge on any atom is -0.420 e. The van der Waals surface area contributed by atoms with Gasteiger partial charge in [-0.1, -0.05) is 25.5 Å². The van der Waals surface area contributed by atoms with Gasteiger partial charge in [0.25, 0.3) is 5.89 Å². The van der Waals surface area contributed by atoms with Crippen LogP contribution in [0.15, 0.2) is 40.8 Å². The Morgan fingerprint density at radius 1 is 0.975 bits per heavy atom. The Hall–Kier alpha value is -3.18. The average molecular weight is 559 g/mol. The third-order valence-electron chi connectivity index (χ3n) is 7.88. The number of hydrogen-bond donors (Lipinski definition) is 0. The summed E-state index contributed by atoms with van der Waals surface area (Å²) in [6.45, 7) is 11.7. The summed E-state index contributed by atoms with van der Waals surface area (Å²) in [5.74, 6) is 0.788. The van der Waals surface area contributed by atoms with E-state index in [-0.39, 0.29) is 5.75 Å². The standard InChI is InChI=1S/C29H37F3N6O2/c1-4-5-24-19-37(27-11-10-26(33-20(27)2)28-35-34-21(3)39-28)16-17-38(24)23-12-14-36(15-13-23)18-22-6-8-25(9-7-22)40-29(30,31)32/h6-11,23-24H,4-5,12-19H2,1-3H3/t24-/m0/s1. The second-order valence-electron chi connectivity index (χ2n) is 10.8. The first-order valence-corrected chi connectivity index (χ1v) is 14.0. The molecule has 1 aromatic carbocycles. The molecule has 4 heterocycles. The third-order valence-corrected chi connectivity index (χ3v) is 7.88. The molecule has 3 aromatic rings. The summed E-state index contributed by atoms with van der Waals surface area (Å²) >= 11 is 0. The number of aromatic nitrogens is 3. The van der Waals surface area contributed by atoms with E-state index in [2.05, 4.69) is 42.6 Å². The number of benzene rings is 1. The lowest BCUT2D eigenvalue weighted by Gasteiger charge is -2.48. The van der Waals surface area contributed by atoms with Crippen molar-refractivity contribution in [2.24, 2.45) is 0 Å². The van der Waals surface area contributed by atoms with Gasteiger partial charge in [0.15, 0.2) is 0 Å². The topological polar surface area (TPSA) is 70.8 Å². The zero-order valence-corrected chi connectivity index (χ0v) is 23.3. The van der Waals surface area contributed by atoms with Crippen LogP contribution >= 0.6 is 0 Å². The van der Waals surface area contributed by atoms with Crippen molar-refractivity contribution in [3.8, 4) is 17.3 Å². The normalized spacial score (nSPS) is 19.8. The highest BCUT2D eigenvalue weighted by molar-refractivity contribution is 5.57. The van der Waals surface area contributed by atoms with Crippen LogP contribution in [0.1, 0.15) is 49.8 Å². The predicted octanol–water partition coefficient (Wildman–Crippen LogP) is 5.60. The van der Waals surface area contributed by atoms with Gasteiger partial charge in [-0.2, -0.15) is 0 Å². The van der Waals surface area contributed by atoms with Crippen molar-refractivity contribution in [1.82, 2.24) is 25.0 Å². The van der Waals surface area contributed by atoms with Crippen molar-refractivity contribution < 1.29 is 22.3 Å². The number of pyridine rings is 1. The maximum Gasteiger partial charge on any atom is 0.573 e. The van der Waals surface area contributed by atoms with E-state index in [0.29, 0.717) is 29.6 Å². The number of ether oxygens (including phenoxy) is 1. The fraction of sp³-hybridized carbons (Fsp3) is 0.552. The summed E-state index contributed by atoms with van der Waals surface area (Å²) in [5, 5.41) is 8.01. The monoisotopic (exact) mass is 558 g/mol. The minimum atomic E-state index is -4.67. The number of rotatable bonds is 8. The maximum atomic E-state index is 12.4. The largest absolute Gasteiger partial charge is 0.573 e. The van der Waals surface area contributed by atoms with Gasteiger partial charge in [0.05, 0.1) is 11.4 Å². The van der Waals surface area contributed by atoms with E-state index < -0.39 is 6.36 Å². The van der Waals surface area contributed by atoms with E-state index in [1.54, 1.807) is 19.1 Å². The fourth-order valence-electron chi connectivity index (χ4n) is 6.03. The van der Waals surface area contributed by atoms with Gasteiger partial charge in [0.2, 0.25) is 5.89 Å². The molecule has 0 amide bonds. The van der Waals surface area contributed by atoms with Crippen LogP contribution < -0.4 is 9.64 Å². The molecule has 0 aliphatic carbocycles. The lowest BCUT2D eigenvalue weighted by Crippen LogP contribution is -2.58. The Morgan fingerprint density at radius 3 is 2.35 bits per heavy atom. The van der Waals surface area contributed by atoms with Crippen molar-refractivity contribution >= 4 is 5.69 Å². The van der Waals surface area contributed by atoms with Crippen LogP contribution in [0.5, 0.6) is 5.75 Å². The molecule has 5 rings (SSSR count). The van der Waals surface area contributed by atoms with Crippen molar-refractivity contribution in [2.75, 3.05) is 37.6 Å². The van der Waals surface area contributed by atoms with Gasteiger partial charge in [-0.25, -0.2) is 4.98 Å². The van der Waals surface area contributed by atoms with Gasteiger partial charge in [-0.3, -0.25) is 9.80 Å². The van der Waals surface area contributed by atoms with E-state index >= 15 is 0 Å². The number of alkyl halides is 3. The molecular weight excluding hydrogens is 521 g/mol. The SMILES string of the molecule is CCC[C@H]1CN(c2ccc(-c3nnc(C)o3)nc2C)CCN1C1CCN(Cc2ccc(OC(F)(F)F)cc2)CC1. The van der Waals surface area contributed by atoms with Gasteiger partial charge in [0.1, 0.15) is 11.4 Å².